The van der Waals surface area contributed by atoms with E-state index in [1.54, 1.807) is 0 Å². The summed E-state index contributed by atoms with van der Waals surface area (Å²) in [7, 11) is 0. The second kappa shape index (κ2) is 5.65. The molecule has 17 heavy (non-hydrogen) atoms. The molecule has 1 heterocycles. The van der Waals surface area contributed by atoms with Crippen LogP contribution in [-0.4, -0.2) is 25.0 Å². The number of hydrogen-bond acceptors (Lipinski definition) is 3. The Bertz CT molecular complexity index is 414. The van der Waals surface area contributed by atoms with Gasteiger partial charge in [0.1, 0.15) is 5.75 Å². The lowest BCUT2D eigenvalue weighted by atomic mass is 10.0. The Morgan fingerprint density at radius 2 is 2.41 bits per heavy atom. The highest BCUT2D eigenvalue weighted by molar-refractivity contribution is 9.10. The smallest absolute Gasteiger partial charge is 0.180 e. The fraction of sp³-hybridized carbons (Fsp3) is 0.462. The van der Waals surface area contributed by atoms with E-state index in [0.29, 0.717) is 6.61 Å². The van der Waals surface area contributed by atoms with Gasteiger partial charge in [-0.3, -0.25) is 4.79 Å². The number of hydrogen-bond donors (Lipinski definition) is 1. The lowest BCUT2D eigenvalue weighted by molar-refractivity contribution is 0.0951. The van der Waals surface area contributed by atoms with E-state index in [-0.39, 0.29) is 11.8 Å². The standard InChI is InChI=1S/C13H16BrNO2/c1-2-17-9-5-6-10(11(14)8-9)13(16)12-4-3-7-15-12/h5-6,8,12,15H,2-4,7H2,1H3. The number of rotatable bonds is 4. The second-order valence-electron chi connectivity index (χ2n) is 4.09. The maximum absolute atomic E-state index is 12.2. The molecule has 0 radical (unpaired) electrons. The highest BCUT2D eigenvalue weighted by Crippen LogP contribution is 2.25. The molecule has 1 aliphatic heterocycles. The number of nitrogens with one attached hydrogen (secondary N) is 1. The van der Waals surface area contributed by atoms with Gasteiger partial charge in [0.2, 0.25) is 0 Å². The van der Waals surface area contributed by atoms with E-state index in [9.17, 15) is 4.79 Å². The minimum Gasteiger partial charge on any atom is -0.494 e. The highest BCUT2D eigenvalue weighted by atomic mass is 79.9. The third-order valence-corrected chi connectivity index (χ3v) is 3.55. The maximum atomic E-state index is 12.2. The van der Waals surface area contributed by atoms with Crippen molar-refractivity contribution in [2.24, 2.45) is 0 Å². The Morgan fingerprint density at radius 3 is 3.00 bits per heavy atom. The van der Waals surface area contributed by atoms with E-state index < -0.39 is 0 Å². The molecular weight excluding hydrogens is 282 g/mol. The van der Waals surface area contributed by atoms with Crippen LogP contribution in [0.4, 0.5) is 0 Å². The van der Waals surface area contributed by atoms with Gasteiger partial charge in [-0.05, 0) is 60.4 Å². The molecular formula is C13H16BrNO2. The molecule has 1 aromatic carbocycles. The number of ketones is 1. The Kier molecular flexibility index (Phi) is 4.18. The van der Waals surface area contributed by atoms with Crippen molar-refractivity contribution in [1.82, 2.24) is 5.32 Å². The van der Waals surface area contributed by atoms with Crippen molar-refractivity contribution >= 4 is 21.7 Å². The highest BCUT2D eigenvalue weighted by Gasteiger charge is 2.24. The molecule has 0 bridgehead atoms. The van der Waals surface area contributed by atoms with E-state index in [1.807, 2.05) is 25.1 Å². The first-order chi connectivity index (χ1) is 8.22. The second-order valence-corrected chi connectivity index (χ2v) is 4.94. The van der Waals surface area contributed by atoms with Crippen molar-refractivity contribution in [3.63, 3.8) is 0 Å². The van der Waals surface area contributed by atoms with Crippen molar-refractivity contribution in [1.29, 1.82) is 0 Å². The Hall–Kier alpha value is -0.870. The van der Waals surface area contributed by atoms with Crippen molar-refractivity contribution in [2.45, 2.75) is 25.8 Å². The zero-order chi connectivity index (χ0) is 12.3. The zero-order valence-electron chi connectivity index (χ0n) is 9.83. The monoisotopic (exact) mass is 297 g/mol. The predicted octanol–water partition coefficient (Wildman–Crippen LogP) is 2.78. The van der Waals surface area contributed by atoms with E-state index in [4.69, 9.17) is 4.74 Å². The SMILES string of the molecule is CCOc1ccc(C(=O)C2CCCN2)c(Br)c1. The number of ether oxygens (including phenoxy) is 1. The molecule has 1 aliphatic rings. The minimum atomic E-state index is -0.0238. The van der Waals surface area contributed by atoms with Crippen LogP contribution in [0.15, 0.2) is 22.7 Å². The van der Waals surface area contributed by atoms with Crippen LogP contribution >= 0.6 is 15.9 Å². The van der Waals surface area contributed by atoms with Gasteiger partial charge in [0, 0.05) is 10.0 Å². The first-order valence-electron chi connectivity index (χ1n) is 5.92. The summed E-state index contributed by atoms with van der Waals surface area (Å²) in [5.41, 5.74) is 0.729. The summed E-state index contributed by atoms with van der Waals surface area (Å²) in [6.07, 6.45) is 2.00. The summed E-state index contributed by atoms with van der Waals surface area (Å²) >= 11 is 3.44. The van der Waals surface area contributed by atoms with Gasteiger partial charge in [0.05, 0.1) is 12.6 Å². The average Bonchev–Trinajstić information content (AvgIpc) is 2.82. The van der Waals surface area contributed by atoms with Gasteiger partial charge in [0.25, 0.3) is 0 Å². The molecule has 1 unspecified atom stereocenters. The normalized spacial score (nSPS) is 19.3. The molecule has 1 saturated heterocycles. The quantitative estimate of drug-likeness (QED) is 0.869. The van der Waals surface area contributed by atoms with Crippen LogP contribution in [0.2, 0.25) is 0 Å². The molecule has 0 amide bonds. The molecule has 0 spiro atoms. The van der Waals surface area contributed by atoms with Crippen LogP contribution in [-0.2, 0) is 0 Å². The van der Waals surface area contributed by atoms with Crippen LogP contribution in [0.3, 0.4) is 0 Å². The van der Waals surface area contributed by atoms with Crippen LogP contribution in [0, 0.1) is 0 Å². The third kappa shape index (κ3) is 2.87. The fourth-order valence-corrected chi connectivity index (χ4v) is 2.60. The van der Waals surface area contributed by atoms with Gasteiger partial charge in [0.15, 0.2) is 5.78 Å². The predicted molar refractivity (Wildman–Crippen MR) is 70.7 cm³/mol. The van der Waals surface area contributed by atoms with Crippen molar-refractivity contribution in [2.75, 3.05) is 13.2 Å². The number of halogens is 1. The minimum absolute atomic E-state index is 0.0238. The van der Waals surface area contributed by atoms with Gasteiger partial charge in [-0.1, -0.05) is 0 Å². The summed E-state index contributed by atoms with van der Waals surface area (Å²) in [6.45, 7) is 3.50. The number of carbonyl (C=O) groups excluding carboxylic acids is 1. The number of carbonyl (C=O) groups is 1. The zero-order valence-corrected chi connectivity index (χ0v) is 11.4. The van der Waals surface area contributed by atoms with Crippen LogP contribution in [0.25, 0.3) is 0 Å². The van der Waals surface area contributed by atoms with E-state index in [1.165, 1.54) is 0 Å². The Balaban J connectivity index is 2.17. The number of Topliss-reactive ketones (excluding diaryl/α,β-unsaturated/α-hetero) is 1. The van der Waals surface area contributed by atoms with E-state index >= 15 is 0 Å². The Labute approximate surface area is 110 Å². The van der Waals surface area contributed by atoms with Gasteiger partial charge >= 0.3 is 0 Å². The summed E-state index contributed by atoms with van der Waals surface area (Å²) in [4.78, 5) is 12.2. The van der Waals surface area contributed by atoms with Crippen molar-refractivity contribution < 1.29 is 9.53 Å². The molecule has 1 N–H and O–H groups in total. The largest absolute Gasteiger partial charge is 0.494 e. The van der Waals surface area contributed by atoms with Crippen LogP contribution in [0.5, 0.6) is 5.75 Å². The molecule has 4 heteroatoms. The topological polar surface area (TPSA) is 38.3 Å². The molecule has 3 nitrogen and oxygen atoms in total. The fourth-order valence-electron chi connectivity index (χ4n) is 2.05. The van der Waals surface area contributed by atoms with Crippen LogP contribution in [0.1, 0.15) is 30.1 Å². The van der Waals surface area contributed by atoms with Gasteiger partial charge in [-0.15, -0.1) is 0 Å². The number of benzene rings is 1. The van der Waals surface area contributed by atoms with Gasteiger partial charge in [-0.2, -0.15) is 0 Å². The molecule has 0 saturated carbocycles. The Morgan fingerprint density at radius 1 is 1.59 bits per heavy atom. The summed E-state index contributed by atoms with van der Waals surface area (Å²) in [5.74, 6) is 0.952. The summed E-state index contributed by atoms with van der Waals surface area (Å²) in [5, 5.41) is 3.22. The maximum Gasteiger partial charge on any atom is 0.180 e. The van der Waals surface area contributed by atoms with E-state index in [0.717, 1.165) is 35.2 Å². The first kappa shape index (κ1) is 12.6. The lowest BCUT2D eigenvalue weighted by Gasteiger charge is -2.11. The molecule has 92 valence electrons. The molecule has 0 aromatic heterocycles. The molecule has 1 fully saturated rings. The van der Waals surface area contributed by atoms with Gasteiger partial charge < -0.3 is 10.1 Å². The van der Waals surface area contributed by atoms with Crippen molar-refractivity contribution in [3.8, 4) is 5.75 Å². The first-order valence-corrected chi connectivity index (χ1v) is 6.71. The summed E-state index contributed by atoms with van der Waals surface area (Å²) in [6, 6.07) is 5.50. The summed E-state index contributed by atoms with van der Waals surface area (Å²) < 4.78 is 6.20. The van der Waals surface area contributed by atoms with Crippen LogP contribution < -0.4 is 10.1 Å². The third-order valence-electron chi connectivity index (χ3n) is 2.89. The van der Waals surface area contributed by atoms with Gasteiger partial charge in [-0.25, -0.2) is 0 Å². The molecule has 1 aromatic rings. The average molecular weight is 298 g/mol. The molecule has 1 atom stereocenters. The van der Waals surface area contributed by atoms with E-state index in [2.05, 4.69) is 21.2 Å². The molecule has 0 aliphatic carbocycles. The molecule has 2 rings (SSSR count). The van der Waals surface area contributed by atoms with Crippen molar-refractivity contribution in [3.05, 3.63) is 28.2 Å². The lowest BCUT2D eigenvalue weighted by Crippen LogP contribution is -2.30.